The zero-order valence-corrected chi connectivity index (χ0v) is 30.9. The van der Waals surface area contributed by atoms with Crippen molar-refractivity contribution in [3.8, 4) is 23.1 Å². The highest BCUT2D eigenvalue weighted by atomic mass is 19.3. The number of halogens is 2. The maximum absolute atomic E-state index is 12.6. The van der Waals surface area contributed by atoms with Gasteiger partial charge in [-0.3, -0.25) is 0 Å². The zero-order chi connectivity index (χ0) is 36.6. The summed E-state index contributed by atoms with van der Waals surface area (Å²) in [6.07, 6.45) is 12.2. The number of benzene rings is 1. The zero-order valence-electron chi connectivity index (χ0n) is 30.9. The van der Waals surface area contributed by atoms with Crippen LogP contribution in [0.4, 0.5) is 8.78 Å². The number of hydrogen-bond acceptors (Lipinski definition) is 8. The molecule has 1 aliphatic rings. The Morgan fingerprint density at radius 1 is 1.04 bits per heavy atom. The molecule has 8 nitrogen and oxygen atoms in total. The lowest BCUT2D eigenvalue weighted by atomic mass is 10.0. The number of carbonyl (C=O) groups excluding carboxylic acids is 1. The standard InChI is InChI=1S/C28H32N4O4.C6H10F2.C5H12/c1-5-7-8-18(3)20-11-9-19(10-12-20)16-36-26-22(28(33)35-6-2)15-29-25(32-26)23-24(21-13-14-21)30-17-31-27(23)34-4;1-4-5(2)6(3,7)8;1-4-5(2)3/h8-12,15,17,21H,5-7,13-14,16H2,1-4H3;4H,1-3H3;5H,4H2,1-3H3/b;5-4+;. The van der Waals surface area contributed by atoms with Crippen LogP contribution in [0.15, 0.2) is 54.5 Å². The summed E-state index contributed by atoms with van der Waals surface area (Å²) in [7, 11) is 1.55. The molecule has 2 heterocycles. The van der Waals surface area contributed by atoms with Gasteiger partial charge in [0.15, 0.2) is 5.82 Å². The van der Waals surface area contributed by atoms with Gasteiger partial charge >= 0.3 is 5.97 Å². The van der Waals surface area contributed by atoms with Crippen molar-refractivity contribution < 1.29 is 27.8 Å². The number of alkyl halides is 2. The summed E-state index contributed by atoms with van der Waals surface area (Å²) in [5.74, 6) is -1.07. The number of esters is 1. The fourth-order valence-electron chi connectivity index (χ4n) is 4.11. The van der Waals surface area contributed by atoms with Gasteiger partial charge in [0, 0.05) is 19.0 Å². The molecular weight excluding hydrogens is 626 g/mol. The second kappa shape index (κ2) is 20.3. The van der Waals surface area contributed by atoms with Gasteiger partial charge < -0.3 is 14.2 Å². The Labute approximate surface area is 291 Å². The Morgan fingerprint density at radius 2 is 1.69 bits per heavy atom. The van der Waals surface area contributed by atoms with E-state index in [0.29, 0.717) is 23.2 Å². The first kappa shape index (κ1) is 41.0. The minimum atomic E-state index is -2.63. The first-order valence-electron chi connectivity index (χ1n) is 17.1. The highest BCUT2D eigenvalue weighted by molar-refractivity contribution is 5.91. The van der Waals surface area contributed by atoms with Crippen molar-refractivity contribution in [3.63, 3.8) is 0 Å². The molecule has 0 spiro atoms. The van der Waals surface area contributed by atoms with Gasteiger partial charge in [0.2, 0.25) is 11.8 Å². The number of allylic oxidation sites excluding steroid dienone is 4. The molecule has 1 aromatic carbocycles. The van der Waals surface area contributed by atoms with Crippen molar-refractivity contribution in [2.24, 2.45) is 5.92 Å². The summed E-state index contributed by atoms with van der Waals surface area (Å²) in [4.78, 5) is 30.4. The number of rotatable bonds is 13. The van der Waals surface area contributed by atoms with Crippen LogP contribution < -0.4 is 9.47 Å². The molecule has 1 saturated carbocycles. The molecule has 1 fully saturated rings. The van der Waals surface area contributed by atoms with Crippen LogP contribution in [-0.2, 0) is 11.3 Å². The van der Waals surface area contributed by atoms with Gasteiger partial charge in [0.05, 0.1) is 19.4 Å². The van der Waals surface area contributed by atoms with Crippen molar-refractivity contribution >= 4 is 11.5 Å². The molecule has 4 rings (SSSR count). The van der Waals surface area contributed by atoms with Gasteiger partial charge in [-0.2, -0.15) is 4.98 Å². The van der Waals surface area contributed by atoms with Gasteiger partial charge in [-0.05, 0) is 75.1 Å². The van der Waals surface area contributed by atoms with Crippen molar-refractivity contribution in [1.29, 1.82) is 0 Å². The molecular formula is C39H54F2N4O4. The van der Waals surface area contributed by atoms with E-state index in [1.807, 2.05) is 12.1 Å². The average Bonchev–Trinajstić information content (AvgIpc) is 3.95. The van der Waals surface area contributed by atoms with E-state index in [0.717, 1.165) is 49.8 Å². The van der Waals surface area contributed by atoms with Gasteiger partial charge in [-0.15, -0.1) is 0 Å². The fraction of sp³-hybridized carbons (Fsp3) is 0.513. The van der Waals surface area contributed by atoms with Crippen LogP contribution in [0, 0.1) is 5.92 Å². The van der Waals surface area contributed by atoms with Crippen molar-refractivity contribution in [3.05, 3.63) is 76.9 Å². The SMILES string of the molecule is C/C=C(\C)C(C)(F)F.CCC(C)C.CCCC=C(C)c1ccc(COc2nc(-c3c(OC)ncnc3C3CC3)ncc2C(=O)OCC)cc1. The van der Waals surface area contributed by atoms with Crippen LogP contribution in [0.2, 0.25) is 0 Å². The fourth-order valence-corrected chi connectivity index (χ4v) is 4.11. The second-order valence-electron chi connectivity index (χ2n) is 12.4. The molecule has 1 aliphatic carbocycles. The molecule has 10 heteroatoms. The van der Waals surface area contributed by atoms with E-state index in [4.69, 9.17) is 14.2 Å². The number of aromatic nitrogens is 4. The predicted octanol–water partition coefficient (Wildman–Crippen LogP) is 10.4. The Morgan fingerprint density at radius 3 is 2.18 bits per heavy atom. The van der Waals surface area contributed by atoms with E-state index in [1.54, 1.807) is 21.0 Å². The highest BCUT2D eigenvalue weighted by Crippen LogP contribution is 2.45. The third-order valence-electron chi connectivity index (χ3n) is 7.94. The van der Waals surface area contributed by atoms with Crippen LogP contribution in [0.1, 0.15) is 128 Å². The Kier molecular flexibility index (Phi) is 17.0. The Balaban J connectivity index is 0.000000544. The van der Waals surface area contributed by atoms with E-state index in [9.17, 15) is 13.6 Å². The smallest absolute Gasteiger partial charge is 0.345 e. The lowest BCUT2D eigenvalue weighted by Crippen LogP contribution is -2.11. The van der Waals surface area contributed by atoms with E-state index in [1.165, 1.54) is 43.1 Å². The van der Waals surface area contributed by atoms with Crippen molar-refractivity contribution in [2.75, 3.05) is 13.7 Å². The van der Waals surface area contributed by atoms with Crippen LogP contribution in [0.3, 0.4) is 0 Å². The minimum Gasteiger partial charge on any atom is -0.480 e. The normalized spacial score (nSPS) is 13.2. The molecule has 0 radical (unpaired) electrons. The van der Waals surface area contributed by atoms with Crippen LogP contribution in [0.5, 0.6) is 11.8 Å². The largest absolute Gasteiger partial charge is 0.480 e. The molecule has 0 atom stereocenters. The van der Waals surface area contributed by atoms with Crippen LogP contribution >= 0.6 is 0 Å². The number of ether oxygens (including phenoxy) is 3. The lowest BCUT2D eigenvalue weighted by molar-refractivity contribution is 0.0519. The maximum atomic E-state index is 12.6. The molecule has 0 saturated heterocycles. The Bertz CT molecular complexity index is 1530. The summed E-state index contributed by atoms with van der Waals surface area (Å²) in [5.41, 5.74) is 5.14. The molecule has 0 aliphatic heterocycles. The van der Waals surface area contributed by atoms with Crippen molar-refractivity contribution in [1.82, 2.24) is 19.9 Å². The first-order valence-corrected chi connectivity index (χ1v) is 17.1. The lowest BCUT2D eigenvalue weighted by Gasteiger charge is -2.14. The molecule has 268 valence electrons. The summed E-state index contributed by atoms with van der Waals surface area (Å²) in [6.45, 7) is 17.1. The molecule has 0 unspecified atom stereocenters. The third-order valence-corrected chi connectivity index (χ3v) is 7.94. The molecule has 2 aromatic heterocycles. The van der Waals surface area contributed by atoms with Gasteiger partial charge in [0.1, 0.15) is 24.1 Å². The Hall–Kier alpha value is -4.21. The summed E-state index contributed by atoms with van der Waals surface area (Å²) in [6, 6.07) is 8.19. The third kappa shape index (κ3) is 13.3. The van der Waals surface area contributed by atoms with E-state index in [-0.39, 0.29) is 30.2 Å². The van der Waals surface area contributed by atoms with Gasteiger partial charge in [0.25, 0.3) is 5.92 Å². The van der Waals surface area contributed by atoms with E-state index in [2.05, 4.69) is 72.8 Å². The van der Waals surface area contributed by atoms with E-state index < -0.39 is 11.9 Å². The van der Waals surface area contributed by atoms with Gasteiger partial charge in [-0.1, -0.05) is 77.0 Å². The maximum Gasteiger partial charge on any atom is 0.345 e. The topological polar surface area (TPSA) is 96.3 Å². The summed E-state index contributed by atoms with van der Waals surface area (Å²) >= 11 is 0. The molecule has 49 heavy (non-hydrogen) atoms. The monoisotopic (exact) mass is 680 g/mol. The van der Waals surface area contributed by atoms with Crippen LogP contribution in [0.25, 0.3) is 17.0 Å². The molecule has 0 amide bonds. The van der Waals surface area contributed by atoms with E-state index >= 15 is 0 Å². The number of nitrogens with zero attached hydrogens (tertiary/aromatic N) is 4. The number of hydrogen-bond donors (Lipinski definition) is 0. The number of methoxy groups -OCH3 is 1. The number of carbonyl (C=O) groups is 1. The first-order chi connectivity index (χ1) is 23.3. The highest BCUT2D eigenvalue weighted by Gasteiger charge is 2.32. The van der Waals surface area contributed by atoms with Crippen LogP contribution in [-0.4, -0.2) is 45.5 Å². The summed E-state index contributed by atoms with van der Waals surface area (Å²) < 4.78 is 40.8. The number of unbranched alkanes of at least 4 members (excludes halogenated alkanes) is 1. The van der Waals surface area contributed by atoms with Crippen molar-refractivity contribution in [2.45, 2.75) is 113 Å². The van der Waals surface area contributed by atoms with Gasteiger partial charge in [-0.25, -0.2) is 28.5 Å². The minimum absolute atomic E-state index is 0.123. The predicted molar refractivity (Wildman–Crippen MR) is 192 cm³/mol. The average molecular weight is 681 g/mol. The second-order valence-corrected chi connectivity index (χ2v) is 12.4. The summed E-state index contributed by atoms with van der Waals surface area (Å²) in [5, 5.41) is 0. The quantitative estimate of drug-likeness (QED) is 0.130. The molecule has 0 N–H and O–H groups in total. The molecule has 0 bridgehead atoms. The molecule has 3 aromatic rings.